The summed E-state index contributed by atoms with van der Waals surface area (Å²) in [5, 5.41) is 31.4. The van der Waals surface area contributed by atoms with Crippen LogP contribution in [0.15, 0.2) is 0 Å². The second kappa shape index (κ2) is 17.2. The van der Waals surface area contributed by atoms with E-state index in [4.69, 9.17) is 22.8 Å². The first-order chi connectivity index (χ1) is 20.9. The normalized spacial score (nSPS) is 23.0. The molecule has 8 nitrogen and oxygen atoms in total. The van der Waals surface area contributed by atoms with E-state index < -0.39 is 36.8 Å². The van der Waals surface area contributed by atoms with Crippen LogP contribution in [0.3, 0.4) is 0 Å². The fourth-order valence-corrected chi connectivity index (χ4v) is 9.69. The van der Waals surface area contributed by atoms with Gasteiger partial charge in [0.1, 0.15) is 0 Å². The molecule has 0 aromatic heterocycles. The lowest BCUT2D eigenvalue weighted by atomic mass is 9.95. The minimum absolute atomic E-state index is 0.0119. The Morgan fingerprint density at radius 1 is 0.617 bits per heavy atom. The molecule has 6 atom stereocenters. The third-order valence-corrected chi connectivity index (χ3v) is 24.9. The van der Waals surface area contributed by atoms with Gasteiger partial charge in [0.05, 0.1) is 18.3 Å². The summed E-state index contributed by atoms with van der Waals surface area (Å²) in [5.41, 5.74) is 0. The third kappa shape index (κ3) is 14.8. The molecule has 0 spiro atoms. The summed E-state index contributed by atoms with van der Waals surface area (Å²) < 4.78 is 33.5. The Morgan fingerprint density at radius 2 is 0.936 bits per heavy atom. The summed E-state index contributed by atoms with van der Waals surface area (Å²) in [6.45, 7) is 37.6. The van der Waals surface area contributed by atoms with Gasteiger partial charge in [-0.05, 0) is 107 Å². The summed E-state index contributed by atoms with van der Waals surface area (Å²) in [4.78, 5) is 0. The quantitative estimate of drug-likeness (QED) is 0.121. The Morgan fingerprint density at radius 3 is 1.32 bits per heavy atom. The molecular weight excluding hydrogens is 645 g/mol. The number of hydrogen-bond donors (Lipinski definition) is 3. The molecule has 11 heteroatoms. The second-order valence-electron chi connectivity index (χ2n) is 19.2. The van der Waals surface area contributed by atoms with Crippen LogP contribution in [0.2, 0.25) is 54.4 Å². The van der Waals surface area contributed by atoms with Gasteiger partial charge in [0, 0.05) is 37.9 Å². The highest BCUT2D eigenvalue weighted by atomic mass is 28.4. The van der Waals surface area contributed by atoms with Crippen molar-refractivity contribution in [1.82, 2.24) is 0 Å². The Balaban J connectivity index is 3.23. The van der Waals surface area contributed by atoms with Gasteiger partial charge in [-0.3, -0.25) is 0 Å². The first kappa shape index (κ1) is 45.4. The van der Waals surface area contributed by atoms with Crippen LogP contribution in [0, 0.1) is 0 Å². The van der Waals surface area contributed by atoms with Gasteiger partial charge in [-0.1, -0.05) is 62.3 Å². The first-order valence-corrected chi connectivity index (χ1v) is 27.0. The fraction of sp³-hybridized carbons (Fsp3) is 1.00. The molecule has 0 aromatic rings. The molecule has 0 radical (unpaired) electrons. The Labute approximate surface area is 293 Å². The molecule has 0 aromatic carbocycles. The number of hydrogen-bond acceptors (Lipinski definition) is 8. The van der Waals surface area contributed by atoms with Crippen molar-refractivity contribution < 1.29 is 38.1 Å². The van der Waals surface area contributed by atoms with Crippen molar-refractivity contribution >= 4 is 25.0 Å². The van der Waals surface area contributed by atoms with Crippen LogP contribution in [0.25, 0.3) is 0 Å². The van der Waals surface area contributed by atoms with E-state index in [-0.39, 0.29) is 58.8 Å². The van der Waals surface area contributed by atoms with Gasteiger partial charge in [0.25, 0.3) is 0 Å². The molecule has 1 saturated heterocycles. The summed E-state index contributed by atoms with van der Waals surface area (Å²) >= 11 is 0. The molecular formula is C36H78O8Si3. The second-order valence-corrected chi connectivity index (χ2v) is 33.5. The maximum absolute atomic E-state index is 11.5. The molecule has 0 saturated carbocycles. The fourth-order valence-electron chi connectivity index (χ4n) is 5.51. The highest BCUT2D eigenvalue weighted by Gasteiger charge is 2.44. The number of rotatable bonds is 18. The molecule has 47 heavy (non-hydrogen) atoms. The smallest absolute Gasteiger partial charge is 0.192 e. The summed E-state index contributed by atoms with van der Waals surface area (Å²) in [5.74, 6) is -0.780. The van der Waals surface area contributed by atoms with Gasteiger partial charge >= 0.3 is 0 Å². The van der Waals surface area contributed by atoms with E-state index in [1.807, 2.05) is 13.8 Å². The number of aliphatic hydroxyl groups excluding tert-OH is 3. The molecule has 0 aliphatic carbocycles. The molecule has 3 N–H and O–H groups in total. The van der Waals surface area contributed by atoms with Crippen molar-refractivity contribution in [1.29, 1.82) is 0 Å². The molecule has 282 valence electrons. The first-order valence-electron chi connectivity index (χ1n) is 18.2. The molecule has 0 bridgehead atoms. The largest absolute Gasteiger partial charge is 0.414 e. The van der Waals surface area contributed by atoms with E-state index >= 15 is 0 Å². The zero-order valence-electron chi connectivity index (χ0n) is 33.7. The highest BCUT2D eigenvalue weighted by molar-refractivity contribution is 6.75. The topological polar surface area (TPSA) is 107 Å². The van der Waals surface area contributed by atoms with Crippen molar-refractivity contribution in [3.63, 3.8) is 0 Å². The monoisotopic (exact) mass is 723 g/mol. The van der Waals surface area contributed by atoms with Crippen LogP contribution in [0.1, 0.15) is 121 Å². The van der Waals surface area contributed by atoms with Crippen molar-refractivity contribution in [3.05, 3.63) is 0 Å². The molecule has 1 fully saturated rings. The molecule has 1 aliphatic heterocycles. The van der Waals surface area contributed by atoms with Gasteiger partial charge in [-0.25, -0.2) is 0 Å². The SMILES string of the molecule is CC1(C)O[C@@H](C[C@@H](CCO)O[Si](C)(C)C(C)(C)C)C[C@@H](C[C@H](C[C@@H](O)C[C@@H](CCO)O[Si](C)(C)C(C)(C)C)O[Si](C)(C)C(C)(C)C)O1. The molecule has 1 aliphatic rings. The highest BCUT2D eigenvalue weighted by Crippen LogP contribution is 2.42. The van der Waals surface area contributed by atoms with E-state index in [0.717, 1.165) is 0 Å². The van der Waals surface area contributed by atoms with Gasteiger partial charge in [0.15, 0.2) is 30.7 Å². The van der Waals surface area contributed by atoms with Crippen molar-refractivity contribution in [2.45, 2.75) is 218 Å². The third-order valence-electron chi connectivity index (χ3n) is 11.3. The van der Waals surface area contributed by atoms with Crippen LogP contribution in [-0.2, 0) is 22.8 Å². The molecule has 1 heterocycles. The van der Waals surface area contributed by atoms with E-state index in [0.29, 0.717) is 44.9 Å². The number of ether oxygens (including phenoxy) is 2. The van der Waals surface area contributed by atoms with E-state index in [9.17, 15) is 15.3 Å². The Hall–Kier alpha value is 0.331. The minimum atomic E-state index is -2.18. The average Bonchev–Trinajstić information content (AvgIpc) is 2.80. The van der Waals surface area contributed by atoms with Gasteiger partial charge in [0.2, 0.25) is 0 Å². The number of aliphatic hydroxyl groups is 3. The minimum Gasteiger partial charge on any atom is -0.414 e. The van der Waals surface area contributed by atoms with Crippen LogP contribution in [-0.4, -0.2) is 95.9 Å². The maximum Gasteiger partial charge on any atom is 0.192 e. The van der Waals surface area contributed by atoms with E-state index in [2.05, 4.69) is 102 Å². The van der Waals surface area contributed by atoms with Gasteiger partial charge in [-0.15, -0.1) is 0 Å². The lowest BCUT2D eigenvalue weighted by Gasteiger charge is -2.45. The average molecular weight is 723 g/mol. The Kier molecular flexibility index (Phi) is 16.6. The predicted octanol–water partition coefficient (Wildman–Crippen LogP) is 8.75. The van der Waals surface area contributed by atoms with E-state index in [1.165, 1.54) is 0 Å². The molecule has 0 unspecified atom stereocenters. The summed E-state index contributed by atoms with van der Waals surface area (Å²) in [7, 11) is -6.30. The van der Waals surface area contributed by atoms with E-state index in [1.54, 1.807) is 0 Å². The van der Waals surface area contributed by atoms with Crippen molar-refractivity contribution in [3.8, 4) is 0 Å². The van der Waals surface area contributed by atoms with Crippen molar-refractivity contribution in [2.24, 2.45) is 0 Å². The summed E-state index contributed by atoms with van der Waals surface area (Å²) in [6.07, 6.45) is 2.70. The molecule has 0 amide bonds. The predicted molar refractivity (Wildman–Crippen MR) is 203 cm³/mol. The van der Waals surface area contributed by atoms with Crippen LogP contribution < -0.4 is 0 Å². The molecule has 1 rings (SSSR count). The standard InChI is InChI=1S/C36H78O8Si3/c1-33(2,3)45(12,13)42-28(18-20-37)22-27(39)23-32(44-47(16,17)35(7,8)9)26-31-25-30(40-36(10,11)41-31)24-29(19-21-38)43-46(14,15)34(4,5)6/h27-32,37-39H,18-26H2,1-17H3/t27-,28+,29+,30-,31-,32-/m0/s1. The van der Waals surface area contributed by atoms with Crippen LogP contribution in [0.4, 0.5) is 0 Å². The van der Waals surface area contributed by atoms with Crippen LogP contribution >= 0.6 is 0 Å². The zero-order valence-corrected chi connectivity index (χ0v) is 36.7. The van der Waals surface area contributed by atoms with Gasteiger partial charge in [-0.2, -0.15) is 0 Å². The Bertz CT molecular complexity index is 921. The van der Waals surface area contributed by atoms with Crippen LogP contribution in [0.5, 0.6) is 0 Å². The lowest BCUT2D eigenvalue weighted by Crippen LogP contribution is -2.50. The van der Waals surface area contributed by atoms with Crippen molar-refractivity contribution in [2.75, 3.05) is 13.2 Å². The summed E-state index contributed by atoms with van der Waals surface area (Å²) in [6, 6.07) is 0. The maximum atomic E-state index is 11.5. The lowest BCUT2D eigenvalue weighted by molar-refractivity contribution is -0.305. The van der Waals surface area contributed by atoms with Gasteiger partial charge < -0.3 is 38.1 Å². The zero-order chi connectivity index (χ0) is 36.9.